The molecule has 0 radical (unpaired) electrons. The lowest BCUT2D eigenvalue weighted by Gasteiger charge is -2.25. The Balaban J connectivity index is 1.56. The summed E-state index contributed by atoms with van der Waals surface area (Å²) in [5.74, 6) is -0.366. The average Bonchev–Trinajstić information content (AvgIpc) is 3.24. The largest absolute Gasteiger partial charge is 0.478 e. The molecule has 0 bridgehead atoms. The first-order chi connectivity index (χ1) is 16.1. The van der Waals surface area contributed by atoms with Gasteiger partial charge >= 0.3 is 5.97 Å². The van der Waals surface area contributed by atoms with Crippen molar-refractivity contribution >= 4 is 22.9 Å². The Hall–Kier alpha value is -3.87. The first-order valence-corrected chi connectivity index (χ1v) is 11.4. The summed E-state index contributed by atoms with van der Waals surface area (Å²) in [5, 5.41) is 15.5. The summed E-state index contributed by atoms with van der Waals surface area (Å²) in [7, 11) is 0. The Labute approximate surface area is 191 Å². The summed E-state index contributed by atoms with van der Waals surface area (Å²) in [5.41, 5.74) is 4.02. The van der Waals surface area contributed by atoms with Crippen molar-refractivity contribution in [3.05, 3.63) is 77.6 Å². The molecule has 1 fully saturated rings. The van der Waals surface area contributed by atoms with Gasteiger partial charge in [-0.3, -0.25) is 4.79 Å². The molecule has 2 heterocycles. The normalized spacial score (nSPS) is 16.3. The van der Waals surface area contributed by atoms with Crippen molar-refractivity contribution in [1.29, 1.82) is 0 Å². The number of rotatable bonds is 5. The zero-order valence-corrected chi connectivity index (χ0v) is 18.3. The Bertz CT molecular complexity index is 1280. The van der Waals surface area contributed by atoms with Gasteiger partial charge in [-0.25, -0.2) is 9.78 Å². The van der Waals surface area contributed by atoms with Crippen LogP contribution in [-0.2, 0) is 0 Å². The SMILES string of the molecule is O=C(O)c1ccc2c(c1)nc(-c1cccc(C(=O)NC3=CC=CNC3)c1)n2C1CCCCC1. The highest BCUT2D eigenvalue weighted by atomic mass is 16.4. The van der Waals surface area contributed by atoms with E-state index in [-0.39, 0.29) is 11.5 Å². The minimum absolute atomic E-state index is 0.173. The number of aromatic carboxylic acids is 1. The molecule has 0 atom stereocenters. The van der Waals surface area contributed by atoms with Crippen LogP contribution in [0.2, 0.25) is 0 Å². The molecular weight excluding hydrogens is 416 g/mol. The fourth-order valence-electron chi connectivity index (χ4n) is 4.71. The highest BCUT2D eigenvalue weighted by Crippen LogP contribution is 2.36. The van der Waals surface area contributed by atoms with Crippen LogP contribution in [-0.4, -0.2) is 33.1 Å². The number of benzene rings is 2. The van der Waals surface area contributed by atoms with Crippen LogP contribution < -0.4 is 10.6 Å². The van der Waals surface area contributed by atoms with Gasteiger partial charge in [0.05, 0.1) is 23.1 Å². The number of hydrogen-bond acceptors (Lipinski definition) is 4. The van der Waals surface area contributed by atoms with Gasteiger partial charge in [-0.05, 0) is 61.5 Å². The third-order valence-electron chi connectivity index (χ3n) is 6.34. The molecule has 2 aromatic carbocycles. The molecule has 7 heteroatoms. The second-order valence-electron chi connectivity index (χ2n) is 8.57. The molecule has 3 N–H and O–H groups in total. The Morgan fingerprint density at radius 2 is 1.91 bits per heavy atom. The molecule has 1 aliphatic heterocycles. The first-order valence-electron chi connectivity index (χ1n) is 11.4. The number of nitrogens with zero attached hydrogens (tertiary/aromatic N) is 2. The average molecular weight is 443 g/mol. The van der Waals surface area contributed by atoms with Crippen molar-refractivity contribution in [1.82, 2.24) is 20.2 Å². The van der Waals surface area contributed by atoms with Gasteiger partial charge in [-0.1, -0.05) is 31.4 Å². The molecular formula is C26H26N4O3. The monoisotopic (exact) mass is 442 g/mol. The molecule has 1 aromatic heterocycles. The topological polar surface area (TPSA) is 96.2 Å². The van der Waals surface area contributed by atoms with Crippen LogP contribution in [0.5, 0.6) is 0 Å². The summed E-state index contributed by atoms with van der Waals surface area (Å²) in [4.78, 5) is 29.2. The van der Waals surface area contributed by atoms with Gasteiger partial charge in [0.25, 0.3) is 5.91 Å². The molecule has 0 unspecified atom stereocenters. The van der Waals surface area contributed by atoms with Crippen LogP contribution in [0.1, 0.15) is 58.9 Å². The maximum atomic E-state index is 12.9. The lowest BCUT2D eigenvalue weighted by Crippen LogP contribution is -2.29. The van der Waals surface area contributed by atoms with E-state index in [4.69, 9.17) is 4.98 Å². The number of nitrogens with one attached hydrogen (secondary N) is 2. The van der Waals surface area contributed by atoms with E-state index in [1.165, 1.54) is 6.42 Å². The summed E-state index contributed by atoms with van der Waals surface area (Å²) in [6, 6.07) is 12.9. The maximum absolute atomic E-state index is 12.9. The van der Waals surface area contributed by atoms with Gasteiger partial charge in [-0.15, -0.1) is 0 Å². The number of fused-ring (bicyclic) bond motifs is 1. The van der Waals surface area contributed by atoms with Crippen molar-refractivity contribution in [2.75, 3.05) is 6.54 Å². The number of carboxylic acids is 1. The molecule has 7 nitrogen and oxygen atoms in total. The fraction of sp³-hybridized carbons (Fsp3) is 0.269. The molecule has 1 amide bonds. The number of imidazole rings is 1. The molecule has 0 spiro atoms. The van der Waals surface area contributed by atoms with Crippen molar-refractivity contribution < 1.29 is 14.7 Å². The number of allylic oxidation sites excluding steroid dienone is 2. The smallest absolute Gasteiger partial charge is 0.335 e. The Kier molecular flexibility index (Phi) is 5.69. The van der Waals surface area contributed by atoms with Crippen molar-refractivity contribution in [3.8, 4) is 11.4 Å². The van der Waals surface area contributed by atoms with Crippen molar-refractivity contribution in [3.63, 3.8) is 0 Å². The predicted octanol–water partition coefficient (Wildman–Crippen LogP) is 4.64. The number of dihydropyridines is 1. The summed E-state index contributed by atoms with van der Waals surface area (Å²) < 4.78 is 2.25. The molecule has 0 saturated heterocycles. The molecule has 5 rings (SSSR count). The van der Waals surface area contributed by atoms with Gasteiger partial charge in [0.2, 0.25) is 0 Å². The minimum atomic E-state index is -0.967. The van der Waals surface area contributed by atoms with E-state index in [1.54, 1.807) is 18.2 Å². The summed E-state index contributed by atoms with van der Waals surface area (Å²) in [6.45, 7) is 0.575. The van der Waals surface area contributed by atoms with E-state index in [9.17, 15) is 14.7 Å². The maximum Gasteiger partial charge on any atom is 0.335 e. The van der Waals surface area contributed by atoms with E-state index in [2.05, 4.69) is 15.2 Å². The van der Waals surface area contributed by atoms with E-state index in [1.807, 2.05) is 42.6 Å². The number of aromatic nitrogens is 2. The number of hydrogen-bond donors (Lipinski definition) is 3. The van der Waals surface area contributed by atoms with E-state index in [0.29, 0.717) is 23.7 Å². The van der Waals surface area contributed by atoms with Crippen LogP contribution in [0.15, 0.2) is 66.5 Å². The highest BCUT2D eigenvalue weighted by Gasteiger charge is 2.23. The first kappa shape index (κ1) is 21.0. The molecule has 2 aliphatic rings. The Morgan fingerprint density at radius 3 is 2.67 bits per heavy atom. The van der Waals surface area contributed by atoms with Crippen LogP contribution >= 0.6 is 0 Å². The van der Waals surface area contributed by atoms with Crippen molar-refractivity contribution in [2.45, 2.75) is 38.1 Å². The highest BCUT2D eigenvalue weighted by molar-refractivity contribution is 5.97. The lowest BCUT2D eigenvalue weighted by molar-refractivity contribution is 0.0696. The number of amides is 1. The minimum Gasteiger partial charge on any atom is -0.478 e. The second kappa shape index (κ2) is 8.94. The standard InChI is InChI=1S/C26H26N4O3/c31-25(28-20-8-5-13-27-16-20)18-7-4-6-17(14-18)24-29-22-15-19(26(32)33)11-12-23(22)30(24)21-9-2-1-3-10-21/h4-8,11-15,21,27H,1-3,9-10,16H2,(H,28,31)(H,32,33). The van der Waals surface area contributed by atoms with Crippen LogP contribution in [0.3, 0.4) is 0 Å². The van der Waals surface area contributed by atoms with Crippen LogP contribution in [0.4, 0.5) is 0 Å². The van der Waals surface area contributed by atoms with Crippen LogP contribution in [0, 0.1) is 0 Å². The molecule has 3 aromatic rings. The van der Waals surface area contributed by atoms with E-state index < -0.39 is 5.97 Å². The van der Waals surface area contributed by atoms with Gasteiger partial charge in [-0.2, -0.15) is 0 Å². The zero-order chi connectivity index (χ0) is 22.8. The fourth-order valence-corrected chi connectivity index (χ4v) is 4.71. The van der Waals surface area contributed by atoms with Crippen molar-refractivity contribution in [2.24, 2.45) is 0 Å². The Morgan fingerprint density at radius 1 is 1.06 bits per heavy atom. The summed E-state index contributed by atoms with van der Waals surface area (Å²) >= 11 is 0. The quantitative estimate of drug-likeness (QED) is 0.535. The molecule has 168 valence electrons. The molecule has 1 saturated carbocycles. The third-order valence-corrected chi connectivity index (χ3v) is 6.34. The lowest BCUT2D eigenvalue weighted by atomic mass is 9.94. The van der Waals surface area contributed by atoms with E-state index in [0.717, 1.165) is 48.3 Å². The third kappa shape index (κ3) is 4.26. The predicted molar refractivity (Wildman–Crippen MR) is 127 cm³/mol. The number of carboxylic acid groups (broad SMARTS) is 1. The number of carbonyl (C=O) groups is 2. The van der Waals surface area contributed by atoms with Gasteiger partial charge in [0.1, 0.15) is 5.82 Å². The van der Waals surface area contributed by atoms with Crippen LogP contribution in [0.25, 0.3) is 22.4 Å². The second-order valence-corrected chi connectivity index (χ2v) is 8.57. The van der Waals surface area contributed by atoms with Gasteiger partial charge in [0, 0.05) is 22.9 Å². The molecule has 1 aliphatic carbocycles. The molecule has 33 heavy (non-hydrogen) atoms. The van der Waals surface area contributed by atoms with Gasteiger partial charge in [0.15, 0.2) is 0 Å². The zero-order valence-electron chi connectivity index (χ0n) is 18.3. The van der Waals surface area contributed by atoms with Gasteiger partial charge < -0.3 is 20.3 Å². The number of carbonyl (C=O) groups excluding carboxylic acids is 1. The van der Waals surface area contributed by atoms with E-state index >= 15 is 0 Å². The summed E-state index contributed by atoms with van der Waals surface area (Å²) in [6.07, 6.45) is 11.3.